The maximum Gasteiger partial charge on any atom is 0.191 e. The van der Waals surface area contributed by atoms with E-state index in [0.717, 1.165) is 55.3 Å². The summed E-state index contributed by atoms with van der Waals surface area (Å²) >= 11 is 5.67. The van der Waals surface area contributed by atoms with E-state index in [1.807, 2.05) is 17.8 Å². The lowest BCUT2D eigenvalue weighted by atomic mass is 9.99. The Morgan fingerprint density at radius 2 is 2.04 bits per heavy atom. The van der Waals surface area contributed by atoms with Crippen LogP contribution in [0.15, 0.2) is 33.7 Å². The summed E-state index contributed by atoms with van der Waals surface area (Å²) in [6.07, 6.45) is 2.16. The van der Waals surface area contributed by atoms with Gasteiger partial charge in [-0.3, -0.25) is 4.99 Å². The van der Waals surface area contributed by atoms with Crippen LogP contribution in [0.1, 0.15) is 45.2 Å². The zero-order valence-corrected chi connectivity index (χ0v) is 17.9. The minimum atomic E-state index is 0.179. The Bertz CT molecular complexity index is 556. The summed E-state index contributed by atoms with van der Waals surface area (Å²) in [5, 5.41) is 6.93. The minimum absolute atomic E-state index is 0.179. The first-order chi connectivity index (χ1) is 12.1. The first-order valence-corrected chi connectivity index (χ1v) is 10.9. The van der Waals surface area contributed by atoms with Crippen LogP contribution in [0.3, 0.4) is 0 Å². The number of nitrogens with zero attached hydrogens (tertiary/aromatic N) is 1. The van der Waals surface area contributed by atoms with E-state index in [1.165, 1.54) is 5.56 Å². The molecule has 1 aliphatic heterocycles. The summed E-state index contributed by atoms with van der Waals surface area (Å²) < 4.78 is 6.90. The molecule has 0 amide bonds. The molecule has 1 heterocycles. The monoisotopic (exact) mass is 427 g/mol. The zero-order chi connectivity index (χ0) is 18.1. The Morgan fingerprint density at radius 3 is 2.68 bits per heavy atom. The topological polar surface area (TPSA) is 45.7 Å². The largest absolute Gasteiger partial charge is 0.381 e. The van der Waals surface area contributed by atoms with Crippen LogP contribution in [0.2, 0.25) is 0 Å². The highest BCUT2D eigenvalue weighted by atomic mass is 79.9. The summed E-state index contributed by atoms with van der Waals surface area (Å²) in [7, 11) is 0. The van der Waals surface area contributed by atoms with Gasteiger partial charge in [-0.15, -0.1) is 0 Å². The Kier molecular flexibility index (Phi) is 8.59. The number of halogens is 1. The van der Waals surface area contributed by atoms with Gasteiger partial charge in [0.05, 0.1) is 12.6 Å². The second-order valence-corrected chi connectivity index (χ2v) is 8.90. The van der Waals surface area contributed by atoms with Gasteiger partial charge < -0.3 is 15.4 Å². The van der Waals surface area contributed by atoms with Crippen molar-refractivity contribution < 1.29 is 4.74 Å². The molecule has 0 bridgehead atoms. The van der Waals surface area contributed by atoms with Gasteiger partial charge in [-0.05, 0) is 44.1 Å². The highest BCUT2D eigenvalue weighted by Gasteiger charge is 2.32. The Morgan fingerprint density at radius 1 is 1.32 bits per heavy atom. The number of rotatable bonds is 7. The van der Waals surface area contributed by atoms with Gasteiger partial charge in [0.25, 0.3) is 0 Å². The van der Waals surface area contributed by atoms with E-state index < -0.39 is 0 Å². The van der Waals surface area contributed by atoms with Crippen LogP contribution >= 0.6 is 27.7 Å². The van der Waals surface area contributed by atoms with E-state index in [-0.39, 0.29) is 10.8 Å². The Labute approximate surface area is 164 Å². The molecule has 6 heteroatoms. The molecule has 0 radical (unpaired) electrons. The van der Waals surface area contributed by atoms with Crippen LogP contribution in [-0.4, -0.2) is 42.8 Å². The highest BCUT2D eigenvalue weighted by molar-refractivity contribution is 9.10. The Balaban J connectivity index is 2.07. The molecular formula is C19H30BrN3OS. The van der Waals surface area contributed by atoms with Gasteiger partial charge in [0, 0.05) is 29.0 Å². The molecule has 1 aromatic carbocycles. The van der Waals surface area contributed by atoms with E-state index in [2.05, 4.69) is 65.5 Å². The molecule has 1 aromatic rings. The molecule has 140 valence electrons. The van der Waals surface area contributed by atoms with Crippen molar-refractivity contribution in [1.82, 2.24) is 10.6 Å². The molecule has 2 rings (SSSR count). The van der Waals surface area contributed by atoms with Crippen molar-refractivity contribution in [3.63, 3.8) is 0 Å². The van der Waals surface area contributed by atoms with Crippen molar-refractivity contribution in [3.05, 3.63) is 34.3 Å². The fraction of sp³-hybridized carbons (Fsp3) is 0.632. The number of guanidine groups is 1. The number of aliphatic imine (C=N–C) groups is 1. The van der Waals surface area contributed by atoms with Crippen LogP contribution < -0.4 is 10.6 Å². The summed E-state index contributed by atoms with van der Waals surface area (Å²) in [6.45, 7) is 9.87. The van der Waals surface area contributed by atoms with Crippen molar-refractivity contribution in [3.8, 4) is 0 Å². The van der Waals surface area contributed by atoms with Gasteiger partial charge in [-0.2, -0.15) is 11.8 Å². The second kappa shape index (κ2) is 10.4. The molecule has 1 aliphatic rings. The second-order valence-electron chi connectivity index (χ2n) is 6.31. The molecule has 1 atom stereocenters. The van der Waals surface area contributed by atoms with E-state index in [9.17, 15) is 0 Å². The molecule has 25 heavy (non-hydrogen) atoms. The molecule has 0 aliphatic carbocycles. The third-order valence-electron chi connectivity index (χ3n) is 4.45. The molecule has 2 N–H and O–H groups in total. The zero-order valence-electron chi connectivity index (χ0n) is 15.5. The summed E-state index contributed by atoms with van der Waals surface area (Å²) in [4.78, 5) is 4.93. The van der Waals surface area contributed by atoms with Gasteiger partial charge in [-0.25, -0.2) is 0 Å². The number of nitrogens with one attached hydrogen (secondary N) is 2. The number of thioether (sulfide) groups is 1. The number of ether oxygens (including phenoxy) is 1. The average molecular weight is 428 g/mol. The minimum Gasteiger partial charge on any atom is -0.381 e. The molecule has 4 nitrogen and oxygen atoms in total. The maximum atomic E-state index is 5.56. The number of benzene rings is 1. The van der Waals surface area contributed by atoms with Crippen molar-refractivity contribution in [2.75, 3.05) is 32.1 Å². The summed E-state index contributed by atoms with van der Waals surface area (Å²) in [6, 6.07) is 8.50. The van der Waals surface area contributed by atoms with E-state index in [1.54, 1.807) is 0 Å². The third kappa shape index (κ3) is 6.19. The van der Waals surface area contributed by atoms with Gasteiger partial charge in [0.2, 0.25) is 0 Å². The normalized spacial score (nSPS) is 18.6. The van der Waals surface area contributed by atoms with Crippen molar-refractivity contribution in [2.45, 2.75) is 44.4 Å². The SMILES string of the molecule is CCNC(=NCC1(SCC)CCOCC1)NC(C)c1ccccc1Br. The van der Waals surface area contributed by atoms with Crippen LogP contribution in [0, 0.1) is 0 Å². The fourth-order valence-corrected chi connectivity index (χ4v) is 4.90. The fourth-order valence-electron chi connectivity index (χ4n) is 3.05. The summed E-state index contributed by atoms with van der Waals surface area (Å²) in [5.41, 5.74) is 1.23. The van der Waals surface area contributed by atoms with Crippen LogP contribution in [-0.2, 0) is 4.74 Å². The van der Waals surface area contributed by atoms with Crippen LogP contribution in [0.5, 0.6) is 0 Å². The first-order valence-electron chi connectivity index (χ1n) is 9.11. The first kappa shape index (κ1) is 20.6. The van der Waals surface area contributed by atoms with Crippen LogP contribution in [0.4, 0.5) is 0 Å². The number of hydrogen-bond acceptors (Lipinski definition) is 3. The molecule has 0 saturated carbocycles. The van der Waals surface area contributed by atoms with Gasteiger partial charge in [0.1, 0.15) is 0 Å². The van der Waals surface area contributed by atoms with Gasteiger partial charge in [-0.1, -0.05) is 41.1 Å². The average Bonchev–Trinajstić information content (AvgIpc) is 2.61. The molecule has 1 unspecified atom stereocenters. The molecule has 1 saturated heterocycles. The smallest absolute Gasteiger partial charge is 0.191 e. The molecule has 0 spiro atoms. The van der Waals surface area contributed by atoms with Gasteiger partial charge in [0.15, 0.2) is 5.96 Å². The van der Waals surface area contributed by atoms with Crippen molar-refractivity contribution in [1.29, 1.82) is 0 Å². The Hall–Kier alpha value is -0.720. The standard InChI is InChI=1S/C19H30BrN3OS/c1-4-21-18(23-15(3)16-8-6-7-9-17(16)20)22-14-19(25-5-2)10-12-24-13-11-19/h6-9,15H,4-5,10-14H2,1-3H3,(H2,21,22,23). The lowest BCUT2D eigenvalue weighted by molar-refractivity contribution is 0.0793. The van der Waals surface area contributed by atoms with E-state index in [4.69, 9.17) is 9.73 Å². The van der Waals surface area contributed by atoms with E-state index in [0.29, 0.717) is 0 Å². The quantitative estimate of drug-likeness (QED) is 0.500. The third-order valence-corrected chi connectivity index (χ3v) is 6.61. The number of hydrogen-bond donors (Lipinski definition) is 2. The van der Waals surface area contributed by atoms with E-state index >= 15 is 0 Å². The predicted octanol–water partition coefficient (Wildman–Crippen LogP) is 4.37. The molecular weight excluding hydrogens is 398 g/mol. The predicted molar refractivity (Wildman–Crippen MR) is 113 cm³/mol. The molecule has 1 fully saturated rings. The molecule has 0 aromatic heterocycles. The van der Waals surface area contributed by atoms with Crippen molar-refractivity contribution in [2.24, 2.45) is 4.99 Å². The highest BCUT2D eigenvalue weighted by Crippen LogP contribution is 2.35. The van der Waals surface area contributed by atoms with Gasteiger partial charge >= 0.3 is 0 Å². The van der Waals surface area contributed by atoms with Crippen LogP contribution in [0.25, 0.3) is 0 Å². The lowest BCUT2D eigenvalue weighted by Crippen LogP contribution is -2.42. The van der Waals surface area contributed by atoms with Crippen molar-refractivity contribution >= 4 is 33.7 Å². The maximum absolute atomic E-state index is 5.56. The summed E-state index contributed by atoms with van der Waals surface area (Å²) in [5.74, 6) is 2.00. The lowest BCUT2D eigenvalue weighted by Gasteiger charge is -2.35.